The molecule has 24 heavy (non-hydrogen) atoms. The predicted molar refractivity (Wildman–Crippen MR) is 86.7 cm³/mol. The van der Waals surface area contributed by atoms with E-state index in [0.29, 0.717) is 38.4 Å². The first-order valence-electron chi connectivity index (χ1n) is 8.04. The lowest BCUT2D eigenvalue weighted by molar-refractivity contribution is -0.233. The Hall–Kier alpha value is -1.79. The zero-order valence-corrected chi connectivity index (χ0v) is 13.4. The average Bonchev–Trinajstić information content (AvgIpc) is 3.11. The minimum Gasteiger partial charge on any atom is -0.387 e. The monoisotopic (exact) mass is 332 g/mol. The maximum atomic E-state index is 13.5. The zero-order valence-electron chi connectivity index (χ0n) is 13.4. The molecule has 4 nitrogen and oxygen atoms in total. The fourth-order valence-corrected chi connectivity index (χ4v) is 2.83. The summed E-state index contributed by atoms with van der Waals surface area (Å²) in [5, 5.41) is 10.6. The molecule has 1 N–H and O–H groups in total. The van der Waals surface area contributed by atoms with Crippen molar-refractivity contribution in [3.8, 4) is 0 Å². The molecule has 2 aromatic carbocycles. The molecule has 0 spiro atoms. The lowest BCUT2D eigenvalue weighted by Gasteiger charge is -2.32. The lowest BCUT2D eigenvalue weighted by Crippen LogP contribution is -2.41. The predicted octanol–water partition coefficient (Wildman–Crippen LogP) is 2.99. The summed E-state index contributed by atoms with van der Waals surface area (Å²) in [5.41, 5.74) is 1.55. The number of aliphatic hydroxyl groups is 1. The highest BCUT2D eigenvalue weighted by atomic mass is 19.1. The van der Waals surface area contributed by atoms with Gasteiger partial charge in [0, 0.05) is 18.6 Å². The van der Waals surface area contributed by atoms with Crippen molar-refractivity contribution in [2.75, 3.05) is 19.8 Å². The van der Waals surface area contributed by atoms with Crippen molar-refractivity contribution in [2.45, 2.75) is 24.9 Å². The molecule has 3 rings (SSSR count). The molecule has 1 atom stereocenters. The van der Waals surface area contributed by atoms with E-state index in [9.17, 15) is 9.50 Å². The molecule has 5 heteroatoms. The van der Waals surface area contributed by atoms with Crippen LogP contribution < -0.4 is 0 Å². The van der Waals surface area contributed by atoms with Crippen molar-refractivity contribution in [1.82, 2.24) is 0 Å². The first-order valence-corrected chi connectivity index (χ1v) is 8.04. The van der Waals surface area contributed by atoms with Gasteiger partial charge in [-0.25, -0.2) is 4.39 Å². The van der Waals surface area contributed by atoms with Crippen LogP contribution in [0.4, 0.5) is 4.39 Å². The van der Waals surface area contributed by atoms with E-state index >= 15 is 0 Å². The van der Waals surface area contributed by atoms with Gasteiger partial charge in [0.2, 0.25) is 5.79 Å². The number of hydrogen-bond donors (Lipinski definition) is 1. The summed E-state index contributed by atoms with van der Waals surface area (Å²) in [6, 6.07) is 15.8. The summed E-state index contributed by atoms with van der Waals surface area (Å²) in [4.78, 5) is 0. The van der Waals surface area contributed by atoms with E-state index in [-0.39, 0.29) is 0 Å². The second-order valence-corrected chi connectivity index (χ2v) is 5.72. The van der Waals surface area contributed by atoms with Gasteiger partial charge in [0.15, 0.2) is 0 Å². The van der Waals surface area contributed by atoms with Gasteiger partial charge in [0.1, 0.15) is 11.9 Å². The molecule has 1 aliphatic heterocycles. The topological polar surface area (TPSA) is 47.9 Å². The van der Waals surface area contributed by atoms with Gasteiger partial charge < -0.3 is 19.3 Å². The van der Waals surface area contributed by atoms with Crippen LogP contribution in [-0.4, -0.2) is 31.0 Å². The third-order valence-corrected chi connectivity index (χ3v) is 4.03. The van der Waals surface area contributed by atoms with E-state index in [1.165, 1.54) is 12.1 Å². The van der Waals surface area contributed by atoms with Crippen LogP contribution in [0.1, 0.15) is 17.5 Å². The van der Waals surface area contributed by atoms with E-state index in [2.05, 4.69) is 0 Å². The third kappa shape index (κ3) is 3.82. The summed E-state index contributed by atoms with van der Waals surface area (Å²) < 4.78 is 30.5. The van der Waals surface area contributed by atoms with E-state index in [0.717, 1.165) is 5.56 Å². The Kier molecular flexibility index (Phi) is 5.58. The van der Waals surface area contributed by atoms with Gasteiger partial charge >= 0.3 is 0 Å². The molecule has 1 saturated heterocycles. The number of rotatable bonds is 7. The maximum absolute atomic E-state index is 13.5. The second kappa shape index (κ2) is 7.85. The van der Waals surface area contributed by atoms with Crippen molar-refractivity contribution in [1.29, 1.82) is 0 Å². The van der Waals surface area contributed by atoms with Crippen LogP contribution >= 0.6 is 0 Å². The SMILES string of the molecule is OC(CCOCc1ccccc1)C1(c2cccc(F)c2)OCCO1. The Morgan fingerprint density at radius 1 is 1.08 bits per heavy atom. The number of halogens is 1. The number of aliphatic hydroxyl groups excluding tert-OH is 1. The number of hydrogen-bond acceptors (Lipinski definition) is 4. The molecule has 0 aromatic heterocycles. The largest absolute Gasteiger partial charge is 0.387 e. The maximum Gasteiger partial charge on any atom is 0.222 e. The van der Waals surface area contributed by atoms with Crippen LogP contribution in [0.5, 0.6) is 0 Å². The standard InChI is InChI=1S/C19H21FO4/c20-17-8-4-7-16(13-17)19(23-11-12-24-19)18(21)9-10-22-14-15-5-2-1-3-6-15/h1-8,13,18,21H,9-12,14H2. The molecule has 128 valence electrons. The van der Waals surface area contributed by atoms with Crippen molar-refractivity contribution >= 4 is 0 Å². The van der Waals surface area contributed by atoms with Crippen LogP contribution in [-0.2, 0) is 26.6 Å². The van der Waals surface area contributed by atoms with E-state index in [4.69, 9.17) is 14.2 Å². The Morgan fingerprint density at radius 3 is 2.54 bits per heavy atom. The van der Waals surface area contributed by atoms with Crippen molar-refractivity contribution in [3.63, 3.8) is 0 Å². The van der Waals surface area contributed by atoms with Gasteiger partial charge in [-0.3, -0.25) is 0 Å². The van der Waals surface area contributed by atoms with E-state index < -0.39 is 17.7 Å². The Labute approximate surface area is 140 Å². The lowest BCUT2D eigenvalue weighted by atomic mass is 9.97. The van der Waals surface area contributed by atoms with Gasteiger partial charge in [-0.1, -0.05) is 42.5 Å². The Balaban J connectivity index is 1.60. The van der Waals surface area contributed by atoms with Crippen molar-refractivity contribution < 1.29 is 23.7 Å². The molecule has 1 aliphatic rings. The van der Waals surface area contributed by atoms with Crippen LogP contribution in [0.3, 0.4) is 0 Å². The summed E-state index contributed by atoms with van der Waals surface area (Å²) in [7, 11) is 0. The molecule has 1 fully saturated rings. The van der Waals surface area contributed by atoms with Crippen molar-refractivity contribution in [3.05, 3.63) is 71.5 Å². The van der Waals surface area contributed by atoms with Gasteiger partial charge in [0.25, 0.3) is 0 Å². The molecule has 0 saturated carbocycles. The van der Waals surface area contributed by atoms with Crippen LogP contribution in [0, 0.1) is 5.82 Å². The van der Waals surface area contributed by atoms with Gasteiger partial charge in [-0.15, -0.1) is 0 Å². The molecule has 0 amide bonds. The zero-order chi connectivity index (χ0) is 16.8. The van der Waals surface area contributed by atoms with Gasteiger partial charge in [-0.05, 0) is 17.7 Å². The summed E-state index contributed by atoms with van der Waals surface area (Å²) in [5.74, 6) is -1.71. The first-order chi connectivity index (χ1) is 11.7. The highest BCUT2D eigenvalue weighted by Gasteiger charge is 2.45. The molecule has 1 unspecified atom stereocenters. The molecule has 0 bridgehead atoms. The van der Waals surface area contributed by atoms with E-state index in [1.807, 2.05) is 30.3 Å². The average molecular weight is 332 g/mol. The molecule has 1 heterocycles. The quantitative estimate of drug-likeness (QED) is 0.792. The third-order valence-electron chi connectivity index (χ3n) is 4.03. The highest BCUT2D eigenvalue weighted by Crippen LogP contribution is 2.36. The normalized spacial score (nSPS) is 17.8. The molecular formula is C19H21FO4. The fraction of sp³-hybridized carbons (Fsp3) is 0.368. The minimum absolute atomic E-state index is 0.323. The summed E-state index contributed by atoms with van der Waals surface area (Å²) >= 11 is 0. The highest BCUT2D eigenvalue weighted by molar-refractivity contribution is 5.23. The Morgan fingerprint density at radius 2 is 1.83 bits per heavy atom. The van der Waals surface area contributed by atoms with Crippen molar-refractivity contribution in [2.24, 2.45) is 0 Å². The van der Waals surface area contributed by atoms with Gasteiger partial charge in [0.05, 0.1) is 19.8 Å². The number of ether oxygens (including phenoxy) is 3. The summed E-state index contributed by atoms with van der Waals surface area (Å²) in [6.45, 7) is 1.54. The van der Waals surface area contributed by atoms with Crippen LogP contribution in [0.2, 0.25) is 0 Å². The fourth-order valence-electron chi connectivity index (χ4n) is 2.83. The first kappa shape index (κ1) is 17.0. The minimum atomic E-state index is -1.32. The molecule has 0 radical (unpaired) electrons. The molecule has 2 aromatic rings. The Bertz CT molecular complexity index is 641. The second-order valence-electron chi connectivity index (χ2n) is 5.72. The molecular weight excluding hydrogens is 311 g/mol. The van der Waals surface area contributed by atoms with Crippen LogP contribution in [0.15, 0.2) is 54.6 Å². The smallest absolute Gasteiger partial charge is 0.222 e. The number of benzene rings is 2. The van der Waals surface area contributed by atoms with Crippen LogP contribution in [0.25, 0.3) is 0 Å². The van der Waals surface area contributed by atoms with E-state index in [1.54, 1.807) is 12.1 Å². The molecule has 0 aliphatic carbocycles. The van der Waals surface area contributed by atoms with Gasteiger partial charge in [-0.2, -0.15) is 0 Å². The summed E-state index contributed by atoms with van der Waals surface area (Å²) in [6.07, 6.45) is -0.624.